The van der Waals surface area contributed by atoms with E-state index in [1.165, 1.54) is 23.1 Å². The quantitative estimate of drug-likeness (QED) is 0.522. The molecule has 0 saturated carbocycles. The summed E-state index contributed by atoms with van der Waals surface area (Å²) < 4.78 is 26.8. The number of rotatable bonds is 5. The van der Waals surface area contributed by atoms with Crippen LogP contribution in [0, 0.1) is 11.6 Å². The minimum absolute atomic E-state index is 0.248. The van der Waals surface area contributed by atoms with Crippen LogP contribution in [-0.2, 0) is 0 Å². The number of halogens is 2. The second kappa shape index (κ2) is 6.58. The first-order valence-corrected chi connectivity index (χ1v) is 7.24. The number of anilines is 1. The fourth-order valence-corrected chi connectivity index (χ4v) is 2.79. The van der Waals surface area contributed by atoms with Gasteiger partial charge in [0.2, 0.25) is 5.13 Å². The summed E-state index contributed by atoms with van der Waals surface area (Å²) in [5, 5.41) is 10.3. The molecule has 1 heterocycles. The van der Waals surface area contributed by atoms with Gasteiger partial charge < -0.3 is 0 Å². The molecule has 0 aliphatic rings. The highest BCUT2D eigenvalue weighted by molar-refractivity contribution is 8.01. The highest BCUT2D eigenvalue weighted by Gasteiger charge is 2.14. The molecule has 0 radical (unpaired) electrons. The fraction of sp³-hybridized carbons (Fsp3) is 0.0833. The van der Waals surface area contributed by atoms with E-state index in [2.05, 4.69) is 22.1 Å². The molecule has 1 aromatic carbocycles. The molecule has 2 rings (SSSR count). The number of nitrogens with one attached hydrogen (secondary N) is 1. The van der Waals surface area contributed by atoms with E-state index in [0.717, 1.165) is 12.1 Å². The number of aromatic nitrogens is 2. The number of hydrogen-bond donors (Lipinski definition) is 1. The third-order valence-corrected chi connectivity index (χ3v) is 4.10. The average molecular weight is 313 g/mol. The lowest BCUT2D eigenvalue weighted by Gasteiger charge is -2.02. The number of nitrogens with zero attached hydrogens (tertiary/aromatic N) is 2. The lowest BCUT2D eigenvalue weighted by molar-refractivity contribution is 0.102. The first-order chi connectivity index (χ1) is 9.60. The Morgan fingerprint density at radius 2 is 2.25 bits per heavy atom. The topological polar surface area (TPSA) is 54.9 Å². The lowest BCUT2D eigenvalue weighted by Crippen LogP contribution is -2.13. The molecule has 0 atom stereocenters. The SMILES string of the molecule is C=CCSc1nnc(NC(=O)c2ccc(F)cc2F)s1. The summed E-state index contributed by atoms with van der Waals surface area (Å²) in [6.07, 6.45) is 1.72. The molecular weight excluding hydrogens is 304 g/mol. The van der Waals surface area contributed by atoms with E-state index < -0.39 is 17.5 Å². The number of amides is 1. The van der Waals surface area contributed by atoms with E-state index in [4.69, 9.17) is 0 Å². The van der Waals surface area contributed by atoms with Crippen molar-refractivity contribution in [1.29, 1.82) is 0 Å². The van der Waals surface area contributed by atoms with Gasteiger partial charge in [-0.3, -0.25) is 10.1 Å². The number of hydrogen-bond acceptors (Lipinski definition) is 5. The second-order valence-electron chi connectivity index (χ2n) is 3.55. The summed E-state index contributed by atoms with van der Waals surface area (Å²) in [6, 6.07) is 2.75. The maximum Gasteiger partial charge on any atom is 0.260 e. The van der Waals surface area contributed by atoms with Gasteiger partial charge in [-0.15, -0.1) is 16.8 Å². The van der Waals surface area contributed by atoms with Crippen LogP contribution in [0.1, 0.15) is 10.4 Å². The van der Waals surface area contributed by atoms with Crippen LogP contribution in [0.5, 0.6) is 0 Å². The predicted octanol–water partition coefficient (Wildman–Crippen LogP) is 3.35. The van der Waals surface area contributed by atoms with E-state index in [-0.39, 0.29) is 10.7 Å². The van der Waals surface area contributed by atoms with Crippen LogP contribution in [0.4, 0.5) is 13.9 Å². The smallest absolute Gasteiger partial charge is 0.260 e. The average Bonchev–Trinajstić information content (AvgIpc) is 2.83. The molecule has 0 saturated heterocycles. The molecule has 0 spiro atoms. The van der Waals surface area contributed by atoms with Gasteiger partial charge in [0.15, 0.2) is 4.34 Å². The van der Waals surface area contributed by atoms with Crippen molar-refractivity contribution < 1.29 is 13.6 Å². The molecule has 2 aromatic rings. The Morgan fingerprint density at radius 1 is 1.45 bits per heavy atom. The highest BCUT2D eigenvalue weighted by Crippen LogP contribution is 2.25. The molecule has 4 nitrogen and oxygen atoms in total. The zero-order valence-electron chi connectivity index (χ0n) is 10.1. The van der Waals surface area contributed by atoms with Crippen molar-refractivity contribution >= 4 is 34.1 Å². The van der Waals surface area contributed by atoms with Crippen molar-refractivity contribution in [3.8, 4) is 0 Å². The van der Waals surface area contributed by atoms with Gasteiger partial charge in [0, 0.05) is 11.8 Å². The van der Waals surface area contributed by atoms with E-state index in [0.29, 0.717) is 16.2 Å². The summed E-state index contributed by atoms with van der Waals surface area (Å²) in [6.45, 7) is 3.58. The molecule has 1 N–H and O–H groups in total. The second-order valence-corrected chi connectivity index (χ2v) is 5.80. The normalized spacial score (nSPS) is 10.3. The van der Waals surface area contributed by atoms with Gasteiger partial charge in [-0.05, 0) is 12.1 Å². The maximum atomic E-state index is 13.4. The van der Waals surface area contributed by atoms with Gasteiger partial charge in [-0.25, -0.2) is 8.78 Å². The van der Waals surface area contributed by atoms with Crippen molar-refractivity contribution in [1.82, 2.24) is 10.2 Å². The Bertz CT molecular complexity index is 645. The molecular formula is C12H9F2N3OS2. The molecule has 0 aliphatic heterocycles. The van der Waals surface area contributed by atoms with Gasteiger partial charge in [0.1, 0.15) is 11.6 Å². The standard InChI is InChI=1S/C12H9F2N3OS2/c1-2-5-19-12-17-16-11(20-12)15-10(18)8-4-3-7(13)6-9(8)14/h2-4,6H,1,5H2,(H,15,16,18). The van der Waals surface area contributed by atoms with Gasteiger partial charge in [0.05, 0.1) is 5.56 Å². The van der Waals surface area contributed by atoms with Gasteiger partial charge in [-0.2, -0.15) is 0 Å². The molecule has 1 aromatic heterocycles. The fourth-order valence-electron chi connectivity index (χ4n) is 1.29. The van der Waals surface area contributed by atoms with Gasteiger partial charge in [0.25, 0.3) is 5.91 Å². The predicted molar refractivity (Wildman–Crippen MR) is 75.1 cm³/mol. The van der Waals surface area contributed by atoms with Crippen molar-refractivity contribution in [2.75, 3.05) is 11.1 Å². The Hall–Kier alpha value is -1.80. The number of thioether (sulfide) groups is 1. The van der Waals surface area contributed by atoms with Gasteiger partial charge in [-0.1, -0.05) is 29.2 Å². The van der Waals surface area contributed by atoms with E-state index in [1.54, 1.807) is 6.08 Å². The monoisotopic (exact) mass is 313 g/mol. The molecule has 0 unspecified atom stereocenters. The van der Waals surface area contributed by atoms with E-state index in [9.17, 15) is 13.6 Å². The third-order valence-electron chi connectivity index (χ3n) is 2.13. The van der Waals surface area contributed by atoms with Crippen LogP contribution in [0.2, 0.25) is 0 Å². The van der Waals surface area contributed by atoms with Crippen molar-refractivity contribution in [2.24, 2.45) is 0 Å². The van der Waals surface area contributed by atoms with Crippen molar-refractivity contribution in [3.63, 3.8) is 0 Å². The van der Waals surface area contributed by atoms with E-state index >= 15 is 0 Å². The molecule has 1 amide bonds. The van der Waals surface area contributed by atoms with Crippen molar-refractivity contribution in [2.45, 2.75) is 4.34 Å². The van der Waals surface area contributed by atoms with Crippen LogP contribution in [0.3, 0.4) is 0 Å². The Kier molecular flexibility index (Phi) is 4.80. The van der Waals surface area contributed by atoms with Crippen molar-refractivity contribution in [3.05, 3.63) is 48.1 Å². The number of carbonyl (C=O) groups excluding carboxylic acids is 1. The zero-order valence-corrected chi connectivity index (χ0v) is 11.7. The first kappa shape index (κ1) is 14.6. The van der Waals surface area contributed by atoms with Crippen LogP contribution in [-0.4, -0.2) is 21.9 Å². The highest BCUT2D eigenvalue weighted by atomic mass is 32.2. The lowest BCUT2D eigenvalue weighted by atomic mass is 10.2. The molecule has 0 bridgehead atoms. The molecule has 104 valence electrons. The summed E-state index contributed by atoms with van der Waals surface area (Å²) in [4.78, 5) is 11.8. The van der Waals surface area contributed by atoms with Crippen LogP contribution < -0.4 is 5.32 Å². The summed E-state index contributed by atoms with van der Waals surface area (Å²) in [7, 11) is 0. The van der Waals surface area contributed by atoms with Crippen LogP contribution in [0.15, 0.2) is 35.2 Å². The zero-order chi connectivity index (χ0) is 14.5. The molecule has 8 heteroatoms. The van der Waals surface area contributed by atoms with Crippen LogP contribution >= 0.6 is 23.1 Å². The first-order valence-electron chi connectivity index (χ1n) is 5.43. The van der Waals surface area contributed by atoms with Crippen LogP contribution in [0.25, 0.3) is 0 Å². The minimum atomic E-state index is -0.923. The van der Waals surface area contributed by atoms with E-state index in [1.807, 2.05) is 0 Å². The molecule has 20 heavy (non-hydrogen) atoms. The summed E-state index contributed by atoms with van der Waals surface area (Å²) in [5.41, 5.74) is -0.248. The summed E-state index contributed by atoms with van der Waals surface area (Å²) >= 11 is 2.59. The maximum absolute atomic E-state index is 13.4. The summed E-state index contributed by atoms with van der Waals surface area (Å²) in [5.74, 6) is -1.68. The number of benzene rings is 1. The molecule has 0 aliphatic carbocycles. The minimum Gasteiger partial charge on any atom is -0.296 e. The van der Waals surface area contributed by atoms with Gasteiger partial charge >= 0.3 is 0 Å². The Balaban J connectivity index is 2.07. The molecule has 0 fully saturated rings. The largest absolute Gasteiger partial charge is 0.296 e. The number of carbonyl (C=O) groups is 1. The third kappa shape index (κ3) is 3.61. The Morgan fingerprint density at radius 3 is 2.95 bits per heavy atom. The Labute approximate surface area is 121 Å².